The highest BCUT2D eigenvalue weighted by Gasteiger charge is 2.35. The van der Waals surface area contributed by atoms with Gasteiger partial charge in [-0.2, -0.15) is 5.10 Å². The van der Waals surface area contributed by atoms with Crippen molar-refractivity contribution in [3.8, 4) is 11.1 Å². The molecule has 2 saturated heterocycles. The van der Waals surface area contributed by atoms with E-state index >= 15 is 0 Å². The van der Waals surface area contributed by atoms with Crippen LogP contribution in [-0.4, -0.2) is 87.8 Å². The van der Waals surface area contributed by atoms with E-state index in [2.05, 4.69) is 59.8 Å². The highest BCUT2D eigenvalue weighted by atomic mass is 16.2. The fourth-order valence-corrected chi connectivity index (χ4v) is 7.20. The van der Waals surface area contributed by atoms with Gasteiger partial charge in [0.15, 0.2) is 11.5 Å². The van der Waals surface area contributed by atoms with Crippen LogP contribution in [0, 0.1) is 5.92 Å². The third-order valence-electron chi connectivity index (χ3n) is 9.96. The molecule has 1 aliphatic carbocycles. The third-order valence-corrected chi connectivity index (χ3v) is 9.96. The molecule has 3 aliphatic heterocycles. The molecule has 2 aromatic heterocycles. The number of benzene rings is 2. The molecule has 4 aromatic rings. The molecule has 13 heteroatoms. The Morgan fingerprint density at radius 2 is 1.73 bits per heavy atom. The molecular weight excluding hydrogens is 620 g/mol. The van der Waals surface area contributed by atoms with E-state index in [1.54, 1.807) is 13.1 Å². The maximum Gasteiger partial charge on any atom is 0.273 e. The van der Waals surface area contributed by atoms with E-state index < -0.39 is 0 Å². The lowest BCUT2D eigenvalue weighted by atomic mass is 9.97. The topological polar surface area (TPSA) is 141 Å². The molecule has 2 aromatic carbocycles. The lowest BCUT2D eigenvalue weighted by Gasteiger charge is -2.41. The summed E-state index contributed by atoms with van der Waals surface area (Å²) < 4.78 is 2.17. The fraction of sp³-hybridized carbons (Fsp3) is 0.389. The summed E-state index contributed by atoms with van der Waals surface area (Å²) in [6.07, 6.45) is 5.87. The first kappa shape index (κ1) is 31.0. The van der Waals surface area contributed by atoms with Gasteiger partial charge >= 0.3 is 0 Å². The van der Waals surface area contributed by atoms with Gasteiger partial charge in [0.2, 0.25) is 5.91 Å². The van der Waals surface area contributed by atoms with Gasteiger partial charge in [-0.15, -0.1) is 10.2 Å². The molecule has 0 bridgehead atoms. The summed E-state index contributed by atoms with van der Waals surface area (Å²) in [7, 11) is 3.60. The first-order valence-corrected chi connectivity index (χ1v) is 17.1. The van der Waals surface area contributed by atoms with Crippen LogP contribution in [0.3, 0.4) is 0 Å². The number of aromatic nitrogens is 4. The summed E-state index contributed by atoms with van der Waals surface area (Å²) in [4.78, 5) is 44.6. The van der Waals surface area contributed by atoms with Crippen LogP contribution in [0.25, 0.3) is 11.1 Å². The maximum atomic E-state index is 12.9. The Morgan fingerprint density at radius 1 is 0.939 bits per heavy atom. The number of fused-ring (bicyclic) bond motifs is 3. The van der Waals surface area contributed by atoms with Gasteiger partial charge in [0, 0.05) is 75.5 Å². The van der Waals surface area contributed by atoms with Gasteiger partial charge in [0.1, 0.15) is 0 Å². The summed E-state index contributed by atoms with van der Waals surface area (Å²) in [6, 6.07) is 16.0. The average Bonchev–Trinajstić information content (AvgIpc) is 3.65. The van der Waals surface area contributed by atoms with Gasteiger partial charge in [-0.3, -0.25) is 24.0 Å². The minimum absolute atomic E-state index is 0.0123. The maximum absolute atomic E-state index is 12.9. The molecule has 3 amide bonds. The number of amides is 3. The van der Waals surface area contributed by atoms with E-state index in [0.717, 1.165) is 97.7 Å². The number of carbonyl (C=O) groups excluding carboxylic acids is 3. The largest absolute Gasteiger partial charge is 0.366 e. The zero-order valence-corrected chi connectivity index (χ0v) is 27.8. The minimum Gasteiger partial charge on any atom is -0.366 e. The van der Waals surface area contributed by atoms with Crippen LogP contribution in [0.2, 0.25) is 0 Å². The Hall–Kier alpha value is -5.30. The van der Waals surface area contributed by atoms with Crippen molar-refractivity contribution in [2.24, 2.45) is 5.92 Å². The molecule has 0 radical (unpaired) electrons. The zero-order valence-electron chi connectivity index (χ0n) is 27.8. The van der Waals surface area contributed by atoms with Gasteiger partial charge in [-0.1, -0.05) is 24.3 Å². The second kappa shape index (κ2) is 12.6. The molecular formula is C36H40N10O3. The van der Waals surface area contributed by atoms with Crippen LogP contribution < -0.4 is 20.9 Å². The van der Waals surface area contributed by atoms with Crippen molar-refractivity contribution in [2.75, 3.05) is 55.8 Å². The number of nitrogens with one attached hydrogen (secondary N) is 3. The van der Waals surface area contributed by atoms with Crippen LogP contribution in [0.15, 0.2) is 54.7 Å². The van der Waals surface area contributed by atoms with Gasteiger partial charge in [-0.25, -0.2) is 0 Å². The Morgan fingerprint density at radius 3 is 2.51 bits per heavy atom. The van der Waals surface area contributed by atoms with Crippen molar-refractivity contribution in [3.63, 3.8) is 0 Å². The van der Waals surface area contributed by atoms with Crippen molar-refractivity contribution < 1.29 is 14.4 Å². The first-order chi connectivity index (χ1) is 23.9. The van der Waals surface area contributed by atoms with Gasteiger partial charge in [0.25, 0.3) is 11.8 Å². The van der Waals surface area contributed by atoms with Gasteiger partial charge < -0.3 is 25.8 Å². The van der Waals surface area contributed by atoms with Crippen molar-refractivity contribution in [2.45, 2.75) is 44.8 Å². The molecule has 1 saturated carbocycles. The van der Waals surface area contributed by atoms with Crippen molar-refractivity contribution >= 4 is 40.6 Å². The number of hydrogen-bond acceptors (Lipinski definition) is 9. The predicted molar refractivity (Wildman–Crippen MR) is 186 cm³/mol. The van der Waals surface area contributed by atoms with E-state index in [0.29, 0.717) is 18.1 Å². The third kappa shape index (κ3) is 5.99. The Bertz CT molecular complexity index is 1940. The van der Waals surface area contributed by atoms with Crippen LogP contribution in [0.1, 0.15) is 63.8 Å². The Kier molecular flexibility index (Phi) is 7.98. The highest BCUT2D eigenvalue weighted by molar-refractivity contribution is 6.01. The summed E-state index contributed by atoms with van der Waals surface area (Å²) >= 11 is 0. The summed E-state index contributed by atoms with van der Waals surface area (Å²) in [5.41, 5.74) is 7.59. The molecule has 13 nitrogen and oxygen atoms in total. The number of anilines is 4. The van der Waals surface area contributed by atoms with Crippen molar-refractivity contribution in [1.82, 2.24) is 35.1 Å². The normalized spacial score (nSPS) is 17.3. The second-order valence-electron chi connectivity index (χ2n) is 13.5. The van der Waals surface area contributed by atoms with E-state index in [-0.39, 0.29) is 35.4 Å². The molecule has 4 aliphatic rings. The van der Waals surface area contributed by atoms with E-state index in [1.807, 2.05) is 41.4 Å². The quantitative estimate of drug-likeness (QED) is 0.243. The van der Waals surface area contributed by atoms with Crippen molar-refractivity contribution in [3.05, 3.63) is 77.2 Å². The van der Waals surface area contributed by atoms with E-state index in [9.17, 15) is 14.4 Å². The number of para-hydroxylation sites is 1. The fourth-order valence-electron chi connectivity index (χ4n) is 7.20. The molecule has 0 atom stereocenters. The number of carbonyl (C=O) groups is 3. The van der Waals surface area contributed by atoms with Crippen LogP contribution in [-0.2, 0) is 17.9 Å². The molecule has 5 heterocycles. The lowest BCUT2D eigenvalue weighted by molar-refractivity contribution is -0.117. The molecule has 0 unspecified atom stereocenters. The average molecular weight is 661 g/mol. The summed E-state index contributed by atoms with van der Waals surface area (Å²) in [5.74, 6) is -0.0137. The predicted octanol–water partition coefficient (Wildman–Crippen LogP) is 4.03. The standard InChI is InChI=1S/C36H40N10O3/c1-37-35(48)32-29(16-31(41-42-32)40-34(47)23-11-12-23)39-28-10-6-9-26-27-17-38-46(30(27)21-43(2)33(26)28)25-19-44(20-25)18-22-7-5-8-24(15-22)36(49)45-13-3-4-14-45/h5-10,15-17,23,25H,3-4,11-14,18-21H2,1-2H3,(H,37,48)(H2,39,40,41,47). The van der Waals surface area contributed by atoms with Crippen LogP contribution in [0.4, 0.5) is 22.9 Å². The van der Waals surface area contributed by atoms with Crippen LogP contribution >= 0.6 is 0 Å². The van der Waals surface area contributed by atoms with Crippen molar-refractivity contribution in [1.29, 1.82) is 0 Å². The molecule has 0 spiro atoms. The molecule has 49 heavy (non-hydrogen) atoms. The Balaban J connectivity index is 0.992. The van der Waals surface area contributed by atoms with Gasteiger partial charge in [0.05, 0.1) is 41.5 Å². The number of nitrogens with zero attached hydrogens (tertiary/aromatic N) is 7. The zero-order chi connectivity index (χ0) is 33.6. The molecule has 252 valence electrons. The molecule has 3 fully saturated rings. The van der Waals surface area contributed by atoms with Gasteiger partial charge in [-0.05, 0) is 49.4 Å². The minimum atomic E-state index is -0.380. The summed E-state index contributed by atoms with van der Waals surface area (Å²) in [6.45, 7) is 4.93. The van der Waals surface area contributed by atoms with E-state index in [1.165, 1.54) is 0 Å². The monoisotopic (exact) mass is 660 g/mol. The number of hydrogen-bond donors (Lipinski definition) is 3. The molecule has 3 N–H and O–H groups in total. The second-order valence-corrected chi connectivity index (χ2v) is 13.5. The molecule has 8 rings (SSSR count). The lowest BCUT2D eigenvalue weighted by Crippen LogP contribution is -2.48. The summed E-state index contributed by atoms with van der Waals surface area (Å²) in [5, 5.41) is 22.0. The highest BCUT2D eigenvalue weighted by Crippen LogP contribution is 2.45. The smallest absolute Gasteiger partial charge is 0.273 e. The number of rotatable bonds is 9. The Labute approximate surface area is 284 Å². The van der Waals surface area contributed by atoms with Crippen LogP contribution in [0.5, 0.6) is 0 Å². The SMILES string of the molecule is CNC(=O)c1nnc(NC(=O)C2CC2)cc1Nc1cccc2c1N(C)Cc1c-2cnn1C1CN(Cc2cccc(C(=O)N3CCCC3)c2)C1. The first-order valence-electron chi connectivity index (χ1n) is 17.1. The number of likely N-dealkylation sites (tertiary alicyclic amines) is 2. The van der Waals surface area contributed by atoms with E-state index in [4.69, 9.17) is 5.10 Å².